The summed E-state index contributed by atoms with van der Waals surface area (Å²) in [6.45, 7) is 1.39. The molecule has 0 saturated carbocycles. The van der Waals surface area contributed by atoms with Crippen LogP contribution in [0, 0.1) is 6.92 Å². The highest BCUT2D eigenvalue weighted by atomic mass is 32.1. The van der Waals surface area contributed by atoms with Gasteiger partial charge >= 0.3 is 0 Å². The first-order valence-corrected chi connectivity index (χ1v) is 9.66. The minimum atomic E-state index is -2.40. The van der Waals surface area contributed by atoms with Crippen LogP contribution in [0.15, 0.2) is 53.7 Å². The minimum Gasteiger partial charge on any atom is -0.388 e. The lowest BCUT2D eigenvalue weighted by Gasteiger charge is -2.11. The van der Waals surface area contributed by atoms with Crippen molar-refractivity contribution < 1.29 is 25.0 Å². The molecule has 3 aromatic rings. The lowest BCUT2D eigenvalue weighted by Crippen LogP contribution is -2.14. The number of nitrogens with zero attached hydrogens (tertiary/aromatic N) is 1. The Hall–Kier alpha value is -2.70. The number of aromatic nitrogens is 1. The van der Waals surface area contributed by atoms with Crippen molar-refractivity contribution in [3.8, 4) is 0 Å². The topological polar surface area (TPSA) is 88.2 Å². The van der Waals surface area contributed by atoms with E-state index in [-0.39, 0.29) is 70.8 Å². The van der Waals surface area contributed by atoms with E-state index >= 15 is 0 Å². The Kier molecular flexibility index (Phi) is 3.83. The first-order valence-electron chi connectivity index (χ1n) is 14.3. The first kappa shape index (κ1) is 10.9. The highest BCUT2D eigenvalue weighted by Crippen LogP contribution is 2.21. The van der Waals surface area contributed by atoms with Crippen molar-refractivity contribution in [2.45, 2.75) is 45.1 Å². The first-order chi connectivity index (χ1) is 18.5. The molecule has 0 aliphatic rings. The second-order valence-corrected chi connectivity index (χ2v) is 7.00. The number of aliphatic hydroxyl groups is 1. The Morgan fingerprint density at radius 3 is 2.62 bits per heavy atom. The normalized spacial score (nSPS) is 17.8. The van der Waals surface area contributed by atoms with E-state index in [4.69, 9.17) is 20.8 Å². The van der Waals surface area contributed by atoms with Crippen LogP contribution < -0.4 is 11.1 Å². The second-order valence-electron chi connectivity index (χ2n) is 6.18. The van der Waals surface area contributed by atoms with E-state index in [2.05, 4.69) is 10.3 Å². The Morgan fingerprint density at radius 1 is 1.24 bits per heavy atom. The van der Waals surface area contributed by atoms with Crippen LogP contribution in [-0.2, 0) is 17.6 Å². The molecule has 0 spiro atoms. The average Bonchev–Trinajstić information content (AvgIpc) is 3.20. The molecule has 0 fully saturated rings. The van der Waals surface area contributed by atoms with Gasteiger partial charge in [0.05, 0.1) is 30.6 Å². The van der Waals surface area contributed by atoms with Crippen molar-refractivity contribution in [3.63, 3.8) is 0 Å². The number of anilines is 2. The van der Waals surface area contributed by atoms with Crippen LogP contribution >= 0.6 is 11.3 Å². The van der Waals surface area contributed by atoms with Gasteiger partial charge in [-0.2, -0.15) is 0 Å². The summed E-state index contributed by atoms with van der Waals surface area (Å²) in [5.41, 5.74) is 4.87. The fourth-order valence-corrected chi connectivity index (χ4v) is 2.85. The van der Waals surface area contributed by atoms with Gasteiger partial charge in [0.15, 0.2) is 5.13 Å². The number of carbonyl (C=O) groups excluding carboxylic acids is 1. The standard InChI is InChI=1S/C23H27N3O2S/c1-16-6-10-18(11-7-16)21(27)5-3-2-4-17-8-12-19(13-9-17)25-22(28)14-20-15-29-23(24)26-20/h6-13,15,21,27H,2-5,14H2,1H3,(H2,24,26)(H,25,28)/t21-/m0/s1/i5D2,6D,7D,8D,9D,10D,11D,12D,13D,15D. The van der Waals surface area contributed by atoms with Crippen molar-refractivity contribution in [3.05, 3.63) is 76.1 Å². The van der Waals surface area contributed by atoms with Crippen molar-refractivity contribution in [2.24, 2.45) is 0 Å². The van der Waals surface area contributed by atoms with Gasteiger partial charge in [0.1, 0.15) is 0 Å². The summed E-state index contributed by atoms with van der Waals surface area (Å²) in [5, 5.41) is 13.2. The highest BCUT2D eigenvalue weighted by Gasteiger charge is 2.08. The number of nitrogens with two attached hydrogens (primary N) is 1. The number of thiazole rings is 1. The van der Waals surface area contributed by atoms with Crippen LogP contribution in [0.3, 0.4) is 0 Å². The number of nitrogens with one attached hydrogen (secondary N) is 1. The summed E-state index contributed by atoms with van der Waals surface area (Å²) in [7, 11) is 0. The van der Waals surface area contributed by atoms with E-state index in [1.165, 1.54) is 6.92 Å². The van der Waals surface area contributed by atoms with E-state index in [0.717, 1.165) is 11.3 Å². The number of amides is 1. The summed E-state index contributed by atoms with van der Waals surface area (Å²) in [6.07, 6.45) is -5.25. The van der Waals surface area contributed by atoms with Gasteiger partial charge in [0.25, 0.3) is 0 Å². The Bertz CT molecular complexity index is 1420. The molecule has 152 valence electrons. The molecule has 0 aliphatic heterocycles. The smallest absolute Gasteiger partial charge is 0.230 e. The van der Waals surface area contributed by atoms with Crippen LogP contribution in [0.1, 0.15) is 62.8 Å². The van der Waals surface area contributed by atoms with E-state index < -0.39 is 60.2 Å². The van der Waals surface area contributed by atoms with E-state index in [1.807, 2.05) is 0 Å². The maximum atomic E-state index is 12.5. The van der Waals surface area contributed by atoms with Crippen LogP contribution in [0.5, 0.6) is 0 Å². The molecule has 0 bridgehead atoms. The molecule has 1 amide bonds. The summed E-state index contributed by atoms with van der Waals surface area (Å²) >= 11 is 0.885. The number of nitrogen functional groups attached to an aromatic ring is 1. The number of hydrogen-bond acceptors (Lipinski definition) is 5. The fraction of sp³-hybridized carbons (Fsp3) is 0.304. The molecular weight excluding hydrogens is 382 g/mol. The largest absolute Gasteiger partial charge is 0.388 e. The molecule has 2 aromatic carbocycles. The van der Waals surface area contributed by atoms with Gasteiger partial charge in [-0.3, -0.25) is 4.79 Å². The second kappa shape index (κ2) is 10.2. The third-order valence-corrected chi connectivity index (χ3v) is 4.41. The van der Waals surface area contributed by atoms with Gasteiger partial charge in [-0.25, -0.2) is 4.98 Å². The van der Waals surface area contributed by atoms with Gasteiger partial charge in [-0.1, -0.05) is 48.2 Å². The minimum absolute atomic E-state index is 0.00641. The molecule has 29 heavy (non-hydrogen) atoms. The third kappa shape index (κ3) is 6.69. The van der Waals surface area contributed by atoms with Crippen molar-refractivity contribution in [1.29, 1.82) is 0 Å². The highest BCUT2D eigenvalue weighted by molar-refractivity contribution is 7.13. The lowest BCUT2D eigenvalue weighted by molar-refractivity contribution is -0.115. The molecular formula is C23H27N3O2S. The SMILES string of the molecule is [2H]c1sc(N)nc1CC(=O)Nc1c([2H])c([2H])c(CCCC([2H])([2H])[C@H](O)c2c([2H])c([2H])c(C)c([2H])c2[2H])c([2H])c1[2H]. The van der Waals surface area contributed by atoms with Crippen molar-refractivity contribution >= 4 is 28.1 Å². The zero-order valence-corrected chi connectivity index (χ0v) is 16.5. The quantitative estimate of drug-likeness (QED) is 0.470. The van der Waals surface area contributed by atoms with Crippen molar-refractivity contribution in [2.75, 3.05) is 11.1 Å². The van der Waals surface area contributed by atoms with Gasteiger partial charge in [0, 0.05) is 13.8 Å². The number of rotatable bonds is 9. The summed E-state index contributed by atoms with van der Waals surface area (Å²) in [4.78, 5) is 16.3. The van der Waals surface area contributed by atoms with E-state index in [9.17, 15) is 9.90 Å². The number of aliphatic hydroxyl groups excluding tert-OH is 1. The summed E-state index contributed by atoms with van der Waals surface area (Å²) < 4.78 is 89.6. The predicted molar refractivity (Wildman–Crippen MR) is 119 cm³/mol. The zero-order valence-electron chi connectivity index (χ0n) is 26.7. The van der Waals surface area contributed by atoms with Crippen LogP contribution in [0.25, 0.3) is 0 Å². The molecule has 0 aliphatic carbocycles. The lowest BCUT2D eigenvalue weighted by atomic mass is 10.0. The fourth-order valence-electron chi connectivity index (χ4n) is 2.35. The molecule has 1 atom stereocenters. The average molecular weight is 421 g/mol. The number of benzene rings is 2. The van der Waals surface area contributed by atoms with Gasteiger partial charge in [-0.05, 0) is 49.4 Å². The molecule has 0 saturated heterocycles. The van der Waals surface area contributed by atoms with Gasteiger partial charge < -0.3 is 16.2 Å². The molecule has 0 radical (unpaired) electrons. The predicted octanol–water partition coefficient (Wildman–Crippen LogP) is 4.66. The van der Waals surface area contributed by atoms with Crippen molar-refractivity contribution in [1.82, 2.24) is 4.98 Å². The summed E-state index contributed by atoms with van der Waals surface area (Å²) in [5.74, 6) is -0.708. The zero-order chi connectivity index (χ0) is 30.3. The van der Waals surface area contributed by atoms with Crippen LogP contribution in [0.2, 0.25) is 0 Å². The van der Waals surface area contributed by atoms with Gasteiger partial charge in [0.2, 0.25) is 5.91 Å². The number of hydrogen-bond donors (Lipinski definition) is 3. The molecule has 0 unspecified atom stereocenters. The molecule has 1 aromatic heterocycles. The summed E-state index contributed by atoms with van der Waals surface area (Å²) in [6, 6.07) is -3.73. The Balaban J connectivity index is 1.77. The molecule has 3 rings (SSSR count). The monoisotopic (exact) mass is 420 g/mol. The Labute approximate surface area is 191 Å². The van der Waals surface area contributed by atoms with E-state index in [1.54, 1.807) is 0 Å². The maximum Gasteiger partial charge on any atom is 0.230 e. The van der Waals surface area contributed by atoms with Crippen LogP contribution in [-0.4, -0.2) is 16.0 Å². The van der Waals surface area contributed by atoms with E-state index in [0.29, 0.717) is 0 Å². The Morgan fingerprint density at radius 2 is 1.97 bits per heavy atom. The molecule has 5 nitrogen and oxygen atoms in total. The van der Waals surface area contributed by atoms with Gasteiger partial charge in [-0.15, -0.1) is 11.3 Å². The maximum absolute atomic E-state index is 12.5. The number of carbonyl (C=O) groups is 1. The van der Waals surface area contributed by atoms with Crippen LogP contribution in [0.4, 0.5) is 10.8 Å². The molecule has 4 N–H and O–H groups in total. The molecule has 6 heteroatoms. The third-order valence-electron chi connectivity index (χ3n) is 3.77. The molecule has 1 heterocycles.